The van der Waals surface area contributed by atoms with E-state index >= 15 is 0 Å². The summed E-state index contributed by atoms with van der Waals surface area (Å²) in [7, 11) is 3.30. The minimum atomic E-state index is -3.67. The Labute approximate surface area is 330 Å². The van der Waals surface area contributed by atoms with Gasteiger partial charge in [0.25, 0.3) is 20.2 Å². The molecule has 0 bridgehead atoms. The van der Waals surface area contributed by atoms with Crippen molar-refractivity contribution in [1.82, 2.24) is 9.97 Å². The van der Waals surface area contributed by atoms with Crippen molar-refractivity contribution < 1.29 is 54.4 Å². The highest BCUT2D eigenvalue weighted by atomic mass is 32.2. The molecule has 0 saturated heterocycles. The van der Waals surface area contributed by atoms with Gasteiger partial charge in [0.2, 0.25) is 11.5 Å². The molecule has 0 unspecified atom stereocenters. The molecule has 2 heterocycles. The van der Waals surface area contributed by atoms with Crippen molar-refractivity contribution in [2.24, 2.45) is 0 Å². The van der Waals surface area contributed by atoms with Crippen LogP contribution in [0.2, 0.25) is 0 Å². The Kier molecular flexibility index (Phi) is 18.9. The fourth-order valence-corrected chi connectivity index (χ4v) is 4.87. The molecule has 0 atom stereocenters. The Balaban J connectivity index is 0.000000961. The van der Waals surface area contributed by atoms with E-state index in [0.717, 1.165) is 59.8 Å². The number of nitrogens with zero attached hydrogens (tertiary/aromatic N) is 4. The van der Waals surface area contributed by atoms with E-state index in [-0.39, 0.29) is 0 Å². The molecule has 2 aromatic heterocycles. The molecule has 0 aliphatic heterocycles. The van der Waals surface area contributed by atoms with Gasteiger partial charge in [-0.2, -0.15) is 16.8 Å². The van der Waals surface area contributed by atoms with Crippen molar-refractivity contribution in [3.8, 4) is 57.0 Å². The van der Waals surface area contributed by atoms with E-state index in [1.807, 2.05) is 48.8 Å². The molecule has 18 heteroatoms. The van der Waals surface area contributed by atoms with Gasteiger partial charge in [-0.15, -0.1) is 0 Å². The average Bonchev–Trinajstić information content (AvgIpc) is 3.16. The van der Waals surface area contributed by atoms with Crippen molar-refractivity contribution in [2.45, 2.75) is 26.7 Å². The van der Waals surface area contributed by atoms with Gasteiger partial charge in [-0.25, -0.2) is 0 Å². The number of aromatic nitrogens is 2. The summed E-state index contributed by atoms with van der Waals surface area (Å²) in [5, 5.41) is 0. The summed E-state index contributed by atoms with van der Waals surface area (Å²) < 4.78 is 85.9. The van der Waals surface area contributed by atoms with Crippen LogP contribution < -0.4 is 38.2 Å². The summed E-state index contributed by atoms with van der Waals surface area (Å²) >= 11 is 0. The molecule has 4 rings (SSSR count). The lowest BCUT2D eigenvalue weighted by Gasteiger charge is -2.25. The van der Waals surface area contributed by atoms with Crippen LogP contribution in [0.25, 0.3) is 22.5 Å². The summed E-state index contributed by atoms with van der Waals surface area (Å²) in [6.45, 7) is 6.86. The van der Waals surface area contributed by atoms with Gasteiger partial charge >= 0.3 is 0 Å². The molecule has 0 aliphatic rings. The second-order valence-corrected chi connectivity index (χ2v) is 15.2. The van der Waals surface area contributed by atoms with Crippen molar-refractivity contribution in [3.05, 3.63) is 60.9 Å². The smallest absolute Gasteiger partial charge is 0.261 e. The lowest BCUT2D eigenvalue weighted by molar-refractivity contribution is 0.275. The van der Waals surface area contributed by atoms with Crippen LogP contribution in [0.4, 0.5) is 11.4 Å². The standard InChI is InChI=1S/C36H46N4O6.2CH4O3S/c1-9-17-45-35-31(41-5)19-25(20-32(35)42-6)29-13-11-27(23-37-29)39(3)15-16-40(4)28-12-14-30(38-24-28)26-21-33(43-7)36(46-18-10-2)34(22-26)44-8;2*1-5(2,3)4/h11-14,19-24H,9-10,15-18H2,1-8H3;2*1H3,(H,2,3,4). The van der Waals surface area contributed by atoms with Crippen LogP contribution in [-0.2, 0) is 20.2 Å². The first kappa shape index (κ1) is 47.1. The molecule has 2 N–H and O–H groups in total. The maximum Gasteiger partial charge on any atom is 0.261 e. The zero-order valence-electron chi connectivity index (χ0n) is 33.6. The normalized spacial score (nSPS) is 10.9. The first-order valence-electron chi connectivity index (χ1n) is 17.3. The quantitative estimate of drug-likeness (QED) is 0.118. The van der Waals surface area contributed by atoms with Gasteiger partial charge in [-0.3, -0.25) is 19.1 Å². The second-order valence-electron chi connectivity index (χ2n) is 12.2. The van der Waals surface area contributed by atoms with Crippen molar-refractivity contribution >= 4 is 31.6 Å². The van der Waals surface area contributed by atoms with Crippen LogP contribution >= 0.6 is 0 Å². The van der Waals surface area contributed by atoms with Crippen LogP contribution in [-0.4, -0.2) is 117 Å². The number of rotatable bonds is 17. The van der Waals surface area contributed by atoms with Gasteiger partial charge in [0.05, 0.1) is 89.3 Å². The lowest BCUT2D eigenvalue weighted by Crippen LogP contribution is -2.30. The summed E-state index contributed by atoms with van der Waals surface area (Å²) in [6.07, 6.45) is 6.97. The van der Waals surface area contributed by atoms with Crippen LogP contribution in [0, 0.1) is 0 Å². The zero-order valence-corrected chi connectivity index (χ0v) is 35.2. The SMILES string of the molecule is CCCOc1c(OC)cc(-c2ccc(N(C)CCN(C)c3ccc(-c4cc(OC)c(OCCC)c(OC)c4)nc3)cn2)cc1OC.CS(=O)(=O)O.CS(=O)(=O)O. The van der Waals surface area contributed by atoms with Gasteiger partial charge in [0.1, 0.15) is 0 Å². The van der Waals surface area contributed by atoms with Gasteiger partial charge < -0.3 is 38.2 Å². The van der Waals surface area contributed by atoms with E-state index in [2.05, 4.69) is 49.9 Å². The molecule has 0 fully saturated rings. The fourth-order valence-electron chi connectivity index (χ4n) is 4.87. The number of anilines is 2. The molecular formula is C38H54N4O12S2. The molecule has 16 nitrogen and oxygen atoms in total. The zero-order chi connectivity index (χ0) is 42.1. The minimum absolute atomic E-state index is 0.581. The average molecular weight is 823 g/mol. The molecule has 310 valence electrons. The minimum Gasteiger partial charge on any atom is -0.493 e. The third-order valence-electron chi connectivity index (χ3n) is 7.56. The fraction of sp³-hybridized carbons (Fsp3) is 0.421. The molecule has 56 heavy (non-hydrogen) atoms. The molecule has 4 aromatic rings. The van der Waals surface area contributed by atoms with E-state index < -0.39 is 20.2 Å². The Hall–Kier alpha value is -5.04. The number of likely N-dealkylation sites (N-methyl/N-ethyl adjacent to an activating group) is 2. The molecule has 0 spiro atoms. The third kappa shape index (κ3) is 16.0. The van der Waals surface area contributed by atoms with Crippen molar-refractivity contribution in [3.63, 3.8) is 0 Å². The number of pyridine rings is 2. The Morgan fingerprint density at radius 1 is 0.571 bits per heavy atom. The van der Waals surface area contributed by atoms with Gasteiger partial charge in [-0.1, -0.05) is 13.8 Å². The topological polar surface area (TPSA) is 196 Å². The summed E-state index contributed by atoms with van der Waals surface area (Å²) in [5.41, 5.74) is 5.44. The third-order valence-corrected chi connectivity index (χ3v) is 7.56. The number of methoxy groups -OCH3 is 4. The van der Waals surface area contributed by atoms with E-state index in [1.54, 1.807) is 28.4 Å². The van der Waals surface area contributed by atoms with Gasteiger partial charge in [0, 0.05) is 38.3 Å². The number of hydrogen-bond acceptors (Lipinski definition) is 14. The first-order chi connectivity index (χ1) is 26.4. The van der Waals surface area contributed by atoms with E-state index in [4.69, 9.17) is 47.5 Å². The Morgan fingerprint density at radius 2 is 0.857 bits per heavy atom. The molecule has 2 aromatic carbocycles. The van der Waals surface area contributed by atoms with Gasteiger partial charge in [0.15, 0.2) is 23.0 Å². The first-order valence-corrected chi connectivity index (χ1v) is 21.0. The maximum atomic E-state index is 9.19. The van der Waals surface area contributed by atoms with Crippen molar-refractivity contribution in [2.75, 3.05) is 91.1 Å². The Bertz CT molecular complexity index is 1820. The summed E-state index contributed by atoms with van der Waals surface area (Å²) in [4.78, 5) is 13.8. The molecule has 0 amide bonds. The molecule has 0 saturated carbocycles. The predicted molar refractivity (Wildman–Crippen MR) is 219 cm³/mol. The van der Waals surface area contributed by atoms with Gasteiger partial charge in [-0.05, 0) is 61.4 Å². The number of hydrogen-bond donors (Lipinski definition) is 2. The van der Waals surface area contributed by atoms with Crippen LogP contribution in [0.5, 0.6) is 34.5 Å². The van der Waals surface area contributed by atoms with Crippen LogP contribution in [0.15, 0.2) is 60.9 Å². The van der Waals surface area contributed by atoms with Crippen LogP contribution in [0.3, 0.4) is 0 Å². The number of ether oxygens (including phenoxy) is 6. The van der Waals surface area contributed by atoms with E-state index in [0.29, 0.717) is 60.2 Å². The second kappa shape index (κ2) is 22.5. The Morgan fingerprint density at radius 3 is 1.07 bits per heavy atom. The monoisotopic (exact) mass is 822 g/mol. The number of benzene rings is 2. The molecule has 0 radical (unpaired) electrons. The molecule has 0 aliphatic carbocycles. The van der Waals surface area contributed by atoms with Crippen molar-refractivity contribution in [1.29, 1.82) is 0 Å². The largest absolute Gasteiger partial charge is 0.493 e. The summed E-state index contributed by atoms with van der Waals surface area (Å²) in [6, 6.07) is 15.9. The van der Waals surface area contributed by atoms with E-state index in [9.17, 15) is 16.8 Å². The highest BCUT2D eigenvalue weighted by molar-refractivity contribution is 7.85. The van der Waals surface area contributed by atoms with E-state index in [1.165, 1.54) is 0 Å². The maximum absolute atomic E-state index is 9.19. The molecular weight excluding hydrogens is 769 g/mol. The lowest BCUT2D eigenvalue weighted by atomic mass is 10.1. The highest BCUT2D eigenvalue weighted by Crippen LogP contribution is 2.42. The van der Waals surface area contributed by atoms with Crippen LogP contribution in [0.1, 0.15) is 26.7 Å². The predicted octanol–water partition coefficient (Wildman–Crippen LogP) is 6.00. The summed E-state index contributed by atoms with van der Waals surface area (Å²) in [5.74, 6) is 3.67. The highest BCUT2D eigenvalue weighted by Gasteiger charge is 2.18.